The number of hydrogen-bond acceptors (Lipinski definition) is 1. The van der Waals surface area contributed by atoms with Gasteiger partial charge in [0.2, 0.25) is 0 Å². The van der Waals surface area contributed by atoms with Gasteiger partial charge in [-0.2, -0.15) is 0 Å². The Morgan fingerprint density at radius 3 is 1.13 bits per heavy atom. The molecule has 0 aromatic carbocycles. The zero-order valence-electron chi connectivity index (χ0n) is 17.2. The van der Waals surface area contributed by atoms with Gasteiger partial charge in [0.15, 0.2) is 0 Å². The molecule has 0 aliphatic rings. The van der Waals surface area contributed by atoms with Crippen LogP contribution in [0.2, 0.25) is 0 Å². The van der Waals surface area contributed by atoms with Crippen LogP contribution in [-0.4, -0.2) is 54.6 Å². The van der Waals surface area contributed by atoms with Gasteiger partial charge in [0.25, 0.3) is 0 Å². The molecule has 0 atom stereocenters. The molecular weight excluding hydrogens is 541 g/mol. The van der Waals surface area contributed by atoms with Crippen molar-refractivity contribution in [1.82, 2.24) is 0 Å². The van der Waals surface area contributed by atoms with Crippen molar-refractivity contribution in [1.29, 1.82) is 0 Å². The van der Waals surface area contributed by atoms with Crippen LogP contribution in [0, 0.1) is 0 Å². The molecule has 12 heteroatoms. The molecule has 0 amide bonds. The van der Waals surface area contributed by atoms with E-state index < -0.39 is 67.1 Å². The standard InChI is InChI=1S/C10H22O.2C4H4F5.Sn/c1-3-5-7-9-11-10-8-6-4-2;2*5-3(6)1-2-4(7,8)9;/h3-10H2,1-2H3;2*1-2H2;. The zero-order valence-corrected chi connectivity index (χ0v) is 20.0. The van der Waals surface area contributed by atoms with Gasteiger partial charge in [0, 0.05) is 13.2 Å². The number of alkyl halides is 10. The van der Waals surface area contributed by atoms with Gasteiger partial charge in [-0.25, -0.2) is 0 Å². The number of ether oxygens (including phenoxy) is 1. The Bertz CT molecular complexity index is 375. The van der Waals surface area contributed by atoms with Crippen molar-refractivity contribution >= 4 is 21.1 Å². The molecule has 0 unspecified atom stereocenters. The van der Waals surface area contributed by atoms with Crippen LogP contribution in [0.15, 0.2) is 0 Å². The molecule has 0 aromatic rings. The summed E-state index contributed by atoms with van der Waals surface area (Å²) in [6.45, 7) is 6.38. The van der Waals surface area contributed by atoms with E-state index in [1.165, 1.54) is 38.5 Å². The summed E-state index contributed by atoms with van der Waals surface area (Å²) in [4.78, 5) is 0. The van der Waals surface area contributed by atoms with Crippen molar-refractivity contribution in [2.45, 2.75) is 98.3 Å². The SMILES string of the molecule is CCCCCOCCCCC.FC(F)(F)CC[C](F)(F)[Sn][C](F)(F)CCC(F)(F)F. The second kappa shape index (κ2) is 15.8. The topological polar surface area (TPSA) is 9.23 Å². The van der Waals surface area contributed by atoms with Gasteiger partial charge < -0.3 is 4.74 Å². The van der Waals surface area contributed by atoms with E-state index in [-0.39, 0.29) is 0 Å². The van der Waals surface area contributed by atoms with Gasteiger partial charge in [-0.3, -0.25) is 0 Å². The van der Waals surface area contributed by atoms with Crippen LogP contribution in [0.1, 0.15) is 78.1 Å². The van der Waals surface area contributed by atoms with Crippen LogP contribution < -0.4 is 0 Å². The first-order valence-corrected chi connectivity index (χ1v) is 12.6. The predicted octanol–water partition coefficient (Wildman–Crippen LogP) is 7.94. The summed E-state index contributed by atoms with van der Waals surface area (Å²) in [6.07, 6.45) is -9.61. The molecule has 0 aliphatic heterocycles. The quantitative estimate of drug-likeness (QED) is 0.117. The van der Waals surface area contributed by atoms with Gasteiger partial charge in [-0.05, 0) is 12.8 Å². The molecule has 0 spiro atoms. The summed E-state index contributed by atoms with van der Waals surface area (Å²) in [6, 6.07) is 0. The van der Waals surface area contributed by atoms with Crippen molar-refractivity contribution < 1.29 is 48.6 Å². The Balaban J connectivity index is 0. The van der Waals surface area contributed by atoms with Crippen molar-refractivity contribution in [3.63, 3.8) is 0 Å². The molecule has 0 aliphatic carbocycles. The molecule has 2 radical (unpaired) electrons. The maximum absolute atomic E-state index is 12.9. The summed E-state index contributed by atoms with van der Waals surface area (Å²) in [7, 11) is 0. The van der Waals surface area contributed by atoms with E-state index in [9.17, 15) is 43.9 Å². The Morgan fingerprint density at radius 1 is 0.533 bits per heavy atom. The van der Waals surface area contributed by atoms with Crippen LogP contribution in [0.5, 0.6) is 0 Å². The summed E-state index contributed by atoms with van der Waals surface area (Å²) in [5, 5.41) is 0. The number of unbranched alkanes of at least 4 members (excludes halogenated alkanes) is 4. The van der Waals surface area contributed by atoms with E-state index in [1.807, 2.05) is 0 Å². The minimum atomic E-state index is -4.91. The van der Waals surface area contributed by atoms with Crippen molar-refractivity contribution in [3.8, 4) is 0 Å². The van der Waals surface area contributed by atoms with Crippen molar-refractivity contribution in [3.05, 3.63) is 0 Å². The van der Waals surface area contributed by atoms with Crippen LogP contribution >= 0.6 is 0 Å². The fourth-order valence-corrected chi connectivity index (χ4v) is 4.95. The first kappa shape index (κ1) is 32.2. The predicted molar refractivity (Wildman–Crippen MR) is 96.1 cm³/mol. The molecule has 0 heterocycles. The van der Waals surface area contributed by atoms with E-state index in [2.05, 4.69) is 13.8 Å². The van der Waals surface area contributed by atoms with Crippen molar-refractivity contribution in [2.75, 3.05) is 13.2 Å². The number of halogens is 10. The Kier molecular flexibility index (Phi) is 17.0. The van der Waals surface area contributed by atoms with E-state index in [0.717, 1.165) is 13.2 Å². The molecule has 182 valence electrons. The first-order chi connectivity index (χ1) is 13.5. The van der Waals surface area contributed by atoms with E-state index >= 15 is 0 Å². The third-order valence-corrected chi connectivity index (χ3v) is 7.11. The summed E-state index contributed by atoms with van der Waals surface area (Å²) >= 11 is -4.05. The van der Waals surface area contributed by atoms with E-state index in [4.69, 9.17) is 4.74 Å². The van der Waals surface area contributed by atoms with E-state index in [1.54, 1.807) is 0 Å². The van der Waals surface area contributed by atoms with Crippen LogP contribution in [0.3, 0.4) is 0 Å². The first-order valence-electron chi connectivity index (χ1n) is 9.80. The summed E-state index contributed by atoms with van der Waals surface area (Å²) in [5.41, 5.74) is 0. The average Bonchev–Trinajstić information content (AvgIpc) is 2.57. The van der Waals surface area contributed by atoms with Gasteiger partial charge in [0.1, 0.15) is 0 Å². The fraction of sp³-hybridized carbons (Fsp3) is 1.00. The van der Waals surface area contributed by atoms with Gasteiger partial charge >= 0.3 is 111 Å². The van der Waals surface area contributed by atoms with Crippen LogP contribution in [0.25, 0.3) is 0 Å². The molecule has 30 heavy (non-hydrogen) atoms. The van der Waals surface area contributed by atoms with Gasteiger partial charge in [0.05, 0.1) is 0 Å². The van der Waals surface area contributed by atoms with Crippen molar-refractivity contribution in [2.24, 2.45) is 0 Å². The Morgan fingerprint density at radius 2 is 0.867 bits per heavy atom. The Labute approximate surface area is 181 Å². The summed E-state index contributed by atoms with van der Waals surface area (Å²) < 4.78 is 119. The molecule has 0 aromatic heterocycles. The normalized spacial score (nSPS) is 13.2. The molecule has 1 nitrogen and oxygen atoms in total. The number of hydrogen-bond donors (Lipinski definition) is 0. The van der Waals surface area contributed by atoms with Gasteiger partial charge in [-0.15, -0.1) is 0 Å². The van der Waals surface area contributed by atoms with Crippen LogP contribution in [0.4, 0.5) is 43.9 Å². The Hall–Kier alpha value is 0.0587. The molecule has 0 rings (SSSR count). The molecule has 0 bridgehead atoms. The average molecular weight is 571 g/mol. The monoisotopic (exact) mass is 572 g/mol. The van der Waals surface area contributed by atoms with Gasteiger partial charge in [-0.1, -0.05) is 39.5 Å². The summed E-state index contributed by atoms with van der Waals surface area (Å²) in [5.74, 6) is 0. The maximum atomic E-state index is 12.9. The van der Waals surface area contributed by atoms with Crippen LogP contribution in [-0.2, 0) is 4.74 Å². The van der Waals surface area contributed by atoms with E-state index in [0.29, 0.717) is 0 Å². The minimum absolute atomic E-state index is 0.970. The zero-order chi connectivity index (χ0) is 23.9. The fourth-order valence-electron chi connectivity index (χ4n) is 2.00. The molecule has 0 fully saturated rings. The molecule has 0 N–H and O–H groups in total. The second-order valence-electron chi connectivity index (χ2n) is 6.79. The third-order valence-electron chi connectivity index (χ3n) is 3.60. The third kappa shape index (κ3) is 26.1. The molecule has 0 saturated heterocycles. The number of rotatable bonds is 14. The second-order valence-corrected chi connectivity index (χ2v) is 11.7. The molecule has 0 saturated carbocycles. The molecular formula is C18H30F10OSn.